The summed E-state index contributed by atoms with van der Waals surface area (Å²) in [5.74, 6) is 0.718. The quantitative estimate of drug-likeness (QED) is 0.492. The van der Waals surface area contributed by atoms with E-state index in [0.717, 1.165) is 16.6 Å². The van der Waals surface area contributed by atoms with Gasteiger partial charge in [0.2, 0.25) is 5.78 Å². The number of ether oxygens (including phenoxy) is 1. The topological polar surface area (TPSA) is 49.8 Å². The van der Waals surface area contributed by atoms with Crippen molar-refractivity contribution < 1.29 is 14.6 Å². The minimum Gasteiger partial charge on any atom is -0.507 e. The molecule has 0 aliphatic carbocycles. The van der Waals surface area contributed by atoms with Crippen molar-refractivity contribution in [3.05, 3.63) is 98.7 Å². The molecular formula is C25H22BrNO3. The van der Waals surface area contributed by atoms with Crippen LogP contribution in [0.2, 0.25) is 0 Å². The molecule has 3 aromatic rings. The first-order valence-corrected chi connectivity index (χ1v) is 10.5. The molecule has 0 bridgehead atoms. The molecule has 0 radical (unpaired) electrons. The molecule has 0 unspecified atom stereocenters. The van der Waals surface area contributed by atoms with E-state index in [0.29, 0.717) is 29.0 Å². The van der Waals surface area contributed by atoms with E-state index in [2.05, 4.69) is 33.0 Å². The number of Topliss-reactive ketones (excluding diaryl/α,β-unsaturated/α-hetero) is 1. The normalized spacial score (nSPS) is 14.3. The van der Waals surface area contributed by atoms with Crippen LogP contribution in [-0.4, -0.2) is 22.8 Å². The number of carbonyl (C=O) groups excluding carboxylic acids is 1. The predicted molar refractivity (Wildman–Crippen MR) is 122 cm³/mol. The molecule has 1 N–H and O–H groups in total. The summed E-state index contributed by atoms with van der Waals surface area (Å²) in [4.78, 5) is 15.1. The second kappa shape index (κ2) is 8.46. The number of carbonyl (C=O) groups is 1. The number of halogens is 1. The van der Waals surface area contributed by atoms with Gasteiger partial charge in [-0.3, -0.25) is 9.69 Å². The van der Waals surface area contributed by atoms with Gasteiger partial charge in [0.15, 0.2) is 5.76 Å². The number of ketones is 1. The van der Waals surface area contributed by atoms with Crippen LogP contribution in [0.5, 0.6) is 11.5 Å². The maximum absolute atomic E-state index is 13.0. The van der Waals surface area contributed by atoms with Gasteiger partial charge in [-0.1, -0.05) is 58.4 Å². The van der Waals surface area contributed by atoms with Crippen LogP contribution in [-0.2, 0) is 13.1 Å². The zero-order valence-electron chi connectivity index (χ0n) is 16.9. The molecule has 1 aliphatic rings. The van der Waals surface area contributed by atoms with Gasteiger partial charge < -0.3 is 9.84 Å². The number of hydrogen-bond donors (Lipinski definition) is 1. The highest BCUT2D eigenvalue weighted by atomic mass is 79.9. The highest BCUT2D eigenvalue weighted by Gasteiger charge is 2.33. The number of benzene rings is 3. The summed E-state index contributed by atoms with van der Waals surface area (Å²) in [7, 11) is 1.98. The molecule has 0 saturated carbocycles. The van der Waals surface area contributed by atoms with Gasteiger partial charge in [-0.2, -0.15) is 0 Å². The van der Waals surface area contributed by atoms with E-state index >= 15 is 0 Å². The summed E-state index contributed by atoms with van der Waals surface area (Å²) in [5, 5.41) is 10.6. The van der Waals surface area contributed by atoms with E-state index in [-0.39, 0.29) is 17.3 Å². The fraction of sp³-hybridized carbons (Fsp3) is 0.160. The van der Waals surface area contributed by atoms with E-state index in [9.17, 15) is 9.90 Å². The van der Waals surface area contributed by atoms with Crippen molar-refractivity contribution in [3.63, 3.8) is 0 Å². The van der Waals surface area contributed by atoms with Crippen molar-refractivity contribution in [1.29, 1.82) is 0 Å². The van der Waals surface area contributed by atoms with Gasteiger partial charge >= 0.3 is 0 Å². The van der Waals surface area contributed by atoms with Gasteiger partial charge in [0.05, 0.1) is 11.1 Å². The molecule has 1 heterocycles. The van der Waals surface area contributed by atoms with E-state index in [1.54, 1.807) is 12.1 Å². The number of phenols is 1. The molecule has 0 amide bonds. The maximum atomic E-state index is 13.0. The summed E-state index contributed by atoms with van der Waals surface area (Å²) in [6, 6.07) is 19.4. The number of fused-ring (bicyclic) bond motifs is 1. The first kappa shape index (κ1) is 20.4. The third kappa shape index (κ3) is 4.18. The van der Waals surface area contributed by atoms with Crippen LogP contribution < -0.4 is 4.74 Å². The summed E-state index contributed by atoms with van der Waals surface area (Å²) in [5.41, 5.74) is 3.91. The lowest BCUT2D eigenvalue weighted by Gasteiger charge is -2.19. The van der Waals surface area contributed by atoms with Crippen molar-refractivity contribution >= 4 is 27.8 Å². The van der Waals surface area contributed by atoms with Crippen LogP contribution in [0.1, 0.15) is 32.6 Å². The maximum Gasteiger partial charge on any atom is 0.232 e. The molecule has 30 heavy (non-hydrogen) atoms. The Kier molecular flexibility index (Phi) is 5.75. The number of allylic oxidation sites excluding steroid dienone is 1. The second-order valence-corrected chi connectivity index (χ2v) is 8.46. The Hall–Kier alpha value is -2.89. The largest absolute Gasteiger partial charge is 0.507 e. The van der Waals surface area contributed by atoms with Crippen LogP contribution in [0, 0.1) is 6.92 Å². The van der Waals surface area contributed by atoms with E-state index < -0.39 is 0 Å². The highest BCUT2D eigenvalue weighted by Crippen LogP contribution is 2.42. The minimum absolute atomic E-state index is 0.142. The second-order valence-electron chi connectivity index (χ2n) is 7.54. The van der Waals surface area contributed by atoms with Crippen molar-refractivity contribution in [1.82, 2.24) is 4.90 Å². The molecule has 0 aromatic heterocycles. The van der Waals surface area contributed by atoms with Crippen molar-refractivity contribution in [3.8, 4) is 11.5 Å². The molecule has 0 fully saturated rings. The van der Waals surface area contributed by atoms with Crippen molar-refractivity contribution in [2.75, 3.05) is 7.05 Å². The zero-order valence-corrected chi connectivity index (χ0v) is 18.4. The van der Waals surface area contributed by atoms with Crippen molar-refractivity contribution in [2.24, 2.45) is 0 Å². The average molecular weight is 464 g/mol. The molecule has 1 aliphatic heterocycles. The lowest BCUT2D eigenvalue weighted by Crippen LogP contribution is -2.17. The van der Waals surface area contributed by atoms with Crippen LogP contribution in [0.4, 0.5) is 0 Å². The van der Waals surface area contributed by atoms with Gasteiger partial charge in [0, 0.05) is 17.6 Å². The fourth-order valence-corrected chi connectivity index (χ4v) is 3.93. The van der Waals surface area contributed by atoms with Gasteiger partial charge in [-0.05, 0) is 54.9 Å². The monoisotopic (exact) mass is 463 g/mol. The molecule has 0 saturated heterocycles. The molecular weight excluding hydrogens is 442 g/mol. The summed E-state index contributed by atoms with van der Waals surface area (Å²) in [6.45, 7) is 3.00. The van der Waals surface area contributed by atoms with Gasteiger partial charge in [-0.25, -0.2) is 0 Å². The third-order valence-electron chi connectivity index (χ3n) is 5.11. The molecule has 0 atom stereocenters. The van der Waals surface area contributed by atoms with Gasteiger partial charge in [-0.15, -0.1) is 0 Å². The number of nitrogens with zero attached hydrogens (tertiary/aromatic N) is 1. The van der Waals surface area contributed by atoms with Crippen LogP contribution in [0.15, 0.2) is 70.9 Å². The Morgan fingerprint density at radius 1 is 1.07 bits per heavy atom. The SMILES string of the molecule is Cc1cc(O)c(CN(C)Cc2ccccc2)c2c1C(=O)/C(=C/c1ccc(Br)cc1)O2. The Labute approximate surface area is 184 Å². The first-order valence-electron chi connectivity index (χ1n) is 9.70. The minimum atomic E-state index is -0.155. The zero-order chi connectivity index (χ0) is 21.3. The number of aryl methyl sites for hydroxylation is 1. The Morgan fingerprint density at radius 3 is 2.47 bits per heavy atom. The number of hydrogen-bond acceptors (Lipinski definition) is 4. The van der Waals surface area contributed by atoms with Gasteiger partial charge in [0.25, 0.3) is 0 Å². The average Bonchev–Trinajstić information content (AvgIpc) is 3.04. The fourth-order valence-electron chi connectivity index (χ4n) is 3.66. The summed E-state index contributed by atoms with van der Waals surface area (Å²) < 4.78 is 6.98. The summed E-state index contributed by atoms with van der Waals surface area (Å²) >= 11 is 3.42. The van der Waals surface area contributed by atoms with Crippen molar-refractivity contribution in [2.45, 2.75) is 20.0 Å². The third-order valence-corrected chi connectivity index (χ3v) is 5.64. The predicted octanol–water partition coefficient (Wildman–Crippen LogP) is 5.71. The lowest BCUT2D eigenvalue weighted by atomic mass is 9.99. The number of rotatable bonds is 5. The molecule has 5 heteroatoms. The Morgan fingerprint density at radius 2 is 1.77 bits per heavy atom. The summed E-state index contributed by atoms with van der Waals surface area (Å²) in [6.07, 6.45) is 1.74. The number of aromatic hydroxyl groups is 1. The first-order chi connectivity index (χ1) is 14.4. The van der Waals surface area contributed by atoms with E-state index in [1.807, 2.05) is 56.4 Å². The molecule has 4 rings (SSSR count). The molecule has 0 spiro atoms. The standard InChI is InChI=1S/C25H22BrNO3/c1-16-12-21(28)20(15-27(2)14-18-6-4-3-5-7-18)25-23(16)24(29)22(30-25)13-17-8-10-19(26)11-9-17/h3-13,28H,14-15H2,1-2H3/b22-13-. The number of phenolic OH excluding ortho intramolecular Hbond substituents is 1. The molecule has 3 aromatic carbocycles. The van der Waals surface area contributed by atoms with Crippen LogP contribution in [0.3, 0.4) is 0 Å². The smallest absolute Gasteiger partial charge is 0.232 e. The van der Waals surface area contributed by atoms with E-state index in [4.69, 9.17) is 4.74 Å². The van der Waals surface area contributed by atoms with E-state index in [1.165, 1.54) is 5.56 Å². The van der Waals surface area contributed by atoms with Crippen LogP contribution in [0.25, 0.3) is 6.08 Å². The lowest BCUT2D eigenvalue weighted by molar-refractivity contribution is 0.101. The van der Waals surface area contributed by atoms with Crippen LogP contribution >= 0.6 is 15.9 Å². The Bertz CT molecular complexity index is 1120. The Balaban J connectivity index is 1.64. The highest BCUT2D eigenvalue weighted by molar-refractivity contribution is 9.10. The molecule has 4 nitrogen and oxygen atoms in total. The molecule has 152 valence electrons. The van der Waals surface area contributed by atoms with Gasteiger partial charge in [0.1, 0.15) is 11.5 Å².